The van der Waals surface area contributed by atoms with E-state index >= 15 is 0 Å². The van der Waals surface area contributed by atoms with Crippen molar-refractivity contribution in [1.29, 1.82) is 0 Å². The quantitative estimate of drug-likeness (QED) is 0.833. The molecule has 0 aliphatic carbocycles. The average molecular weight is 204 g/mol. The first-order chi connectivity index (χ1) is 6.92. The fraction of sp³-hybridized carbons (Fsp3) is 0.0909. The Bertz CT molecular complexity index is 445. The number of hydrogen-bond acceptors (Lipinski definition) is 2. The summed E-state index contributed by atoms with van der Waals surface area (Å²) in [5.41, 5.74) is 6.53. The first-order valence-electron chi connectivity index (χ1n) is 4.48. The highest BCUT2D eigenvalue weighted by atomic mass is 32.2. The van der Waals surface area contributed by atoms with Crippen LogP contribution in [0.2, 0.25) is 0 Å². The van der Waals surface area contributed by atoms with Gasteiger partial charge in [0.25, 0.3) is 0 Å². The molecule has 0 spiro atoms. The lowest BCUT2D eigenvalue weighted by Gasteiger charge is -2.00. The molecule has 2 nitrogen and oxygen atoms in total. The Labute approximate surface area is 87.5 Å². The van der Waals surface area contributed by atoms with E-state index in [-0.39, 0.29) is 0 Å². The van der Waals surface area contributed by atoms with Crippen LogP contribution >= 0.6 is 11.9 Å². The van der Waals surface area contributed by atoms with Gasteiger partial charge in [-0.05, 0) is 30.3 Å². The summed E-state index contributed by atoms with van der Waals surface area (Å²) in [6.07, 6.45) is 5.61. The highest BCUT2D eigenvalue weighted by molar-refractivity contribution is 7.98. The van der Waals surface area contributed by atoms with Crippen molar-refractivity contribution in [2.45, 2.75) is 0 Å². The van der Waals surface area contributed by atoms with E-state index in [0.717, 1.165) is 5.75 Å². The van der Waals surface area contributed by atoms with Gasteiger partial charge in [0, 0.05) is 17.3 Å². The first kappa shape index (κ1) is 9.21. The fourth-order valence-corrected chi connectivity index (χ4v) is 2.16. The molecule has 1 aromatic heterocycles. The number of rotatable bonds is 3. The molecule has 1 aromatic carbocycles. The number of benzene rings is 1. The summed E-state index contributed by atoms with van der Waals surface area (Å²) >= 11 is 1.73. The number of nitrogens with zero attached hydrogens (tertiary/aromatic N) is 1. The summed E-state index contributed by atoms with van der Waals surface area (Å²) in [4.78, 5) is 0. The van der Waals surface area contributed by atoms with Crippen LogP contribution in [0.1, 0.15) is 0 Å². The van der Waals surface area contributed by atoms with Crippen molar-refractivity contribution in [1.82, 2.24) is 3.97 Å². The van der Waals surface area contributed by atoms with Gasteiger partial charge in [0.15, 0.2) is 0 Å². The maximum atomic E-state index is 5.28. The second kappa shape index (κ2) is 4.24. The Hall–Kier alpha value is -1.35. The van der Waals surface area contributed by atoms with E-state index in [1.807, 2.05) is 6.08 Å². The molecule has 0 radical (unpaired) electrons. The Morgan fingerprint density at radius 3 is 3.00 bits per heavy atom. The van der Waals surface area contributed by atoms with Crippen LogP contribution in [-0.4, -0.2) is 9.73 Å². The molecule has 3 heteroatoms. The molecule has 2 aromatic rings. The fourth-order valence-electron chi connectivity index (χ4n) is 1.35. The van der Waals surface area contributed by atoms with Crippen LogP contribution in [0.15, 0.2) is 48.8 Å². The van der Waals surface area contributed by atoms with E-state index in [2.05, 4.69) is 40.5 Å². The van der Waals surface area contributed by atoms with Crippen LogP contribution in [0, 0.1) is 0 Å². The third-order valence-corrected chi connectivity index (χ3v) is 2.95. The predicted octanol–water partition coefficient (Wildman–Crippen LogP) is 2.61. The Morgan fingerprint density at radius 2 is 2.14 bits per heavy atom. The Morgan fingerprint density at radius 1 is 1.29 bits per heavy atom. The lowest BCUT2D eigenvalue weighted by Crippen LogP contribution is -1.86. The molecule has 2 rings (SSSR count). The minimum absolute atomic E-state index is 0.898. The minimum Gasteiger partial charge on any atom is -0.405 e. The molecule has 0 fully saturated rings. The molecular weight excluding hydrogens is 192 g/mol. The maximum absolute atomic E-state index is 5.28. The number of fused-ring (bicyclic) bond motifs is 1. The molecule has 0 saturated heterocycles. The van der Waals surface area contributed by atoms with Crippen molar-refractivity contribution in [2.75, 3.05) is 5.75 Å². The van der Waals surface area contributed by atoms with Gasteiger partial charge in [-0.25, -0.2) is 0 Å². The molecule has 0 bridgehead atoms. The molecule has 0 aliphatic rings. The molecule has 0 aliphatic heterocycles. The van der Waals surface area contributed by atoms with E-state index in [1.165, 1.54) is 10.9 Å². The van der Waals surface area contributed by atoms with Crippen molar-refractivity contribution in [3.63, 3.8) is 0 Å². The van der Waals surface area contributed by atoms with Crippen molar-refractivity contribution in [2.24, 2.45) is 5.73 Å². The number of nitrogens with two attached hydrogens (primary N) is 1. The van der Waals surface area contributed by atoms with Gasteiger partial charge in [-0.1, -0.05) is 24.3 Å². The van der Waals surface area contributed by atoms with Crippen LogP contribution in [0.5, 0.6) is 0 Å². The van der Waals surface area contributed by atoms with Crippen molar-refractivity contribution >= 4 is 22.9 Å². The second-order valence-corrected chi connectivity index (χ2v) is 3.91. The topological polar surface area (TPSA) is 30.9 Å². The van der Waals surface area contributed by atoms with Gasteiger partial charge in [-0.3, -0.25) is 3.97 Å². The van der Waals surface area contributed by atoms with Crippen LogP contribution in [0.4, 0.5) is 0 Å². The smallest absolute Gasteiger partial charge is 0.0591 e. The zero-order valence-electron chi connectivity index (χ0n) is 7.76. The summed E-state index contributed by atoms with van der Waals surface area (Å²) in [7, 11) is 0. The first-order valence-corrected chi connectivity index (χ1v) is 5.42. The van der Waals surface area contributed by atoms with Crippen LogP contribution in [-0.2, 0) is 0 Å². The summed E-state index contributed by atoms with van der Waals surface area (Å²) in [5.74, 6) is 0.898. The lowest BCUT2D eigenvalue weighted by molar-refractivity contribution is 1.34. The van der Waals surface area contributed by atoms with E-state index in [4.69, 9.17) is 5.73 Å². The highest BCUT2D eigenvalue weighted by Gasteiger charge is 1.98. The SMILES string of the molecule is NC=CCSn1ccc2ccccc21. The maximum Gasteiger partial charge on any atom is 0.0591 e. The predicted molar refractivity (Wildman–Crippen MR) is 63.1 cm³/mol. The molecule has 1 heterocycles. The monoisotopic (exact) mass is 204 g/mol. The van der Waals surface area contributed by atoms with Gasteiger partial charge in [-0.2, -0.15) is 0 Å². The normalized spacial score (nSPS) is 11.4. The van der Waals surface area contributed by atoms with E-state index < -0.39 is 0 Å². The molecule has 0 atom stereocenters. The lowest BCUT2D eigenvalue weighted by atomic mass is 10.3. The van der Waals surface area contributed by atoms with Gasteiger partial charge >= 0.3 is 0 Å². The van der Waals surface area contributed by atoms with Gasteiger partial charge in [-0.15, -0.1) is 0 Å². The van der Waals surface area contributed by atoms with Gasteiger partial charge in [0.05, 0.1) is 5.52 Å². The van der Waals surface area contributed by atoms with Gasteiger partial charge in [0.2, 0.25) is 0 Å². The van der Waals surface area contributed by atoms with Gasteiger partial charge in [0.1, 0.15) is 0 Å². The second-order valence-electron chi connectivity index (χ2n) is 2.92. The largest absolute Gasteiger partial charge is 0.405 e. The van der Waals surface area contributed by atoms with E-state index in [1.54, 1.807) is 18.1 Å². The van der Waals surface area contributed by atoms with Crippen LogP contribution < -0.4 is 5.73 Å². The van der Waals surface area contributed by atoms with Crippen molar-refractivity contribution < 1.29 is 0 Å². The highest BCUT2D eigenvalue weighted by Crippen LogP contribution is 2.20. The van der Waals surface area contributed by atoms with E-state index in [0.29, 0.717) is 0 Å². The standard InChI is InChI=1S/C11H12N2S/c12-7-3-9-14-13-8-6-10-4-1-2-5-11(10)13/h1-8H,9,12H2. The zero-order valence-corrected chi connectivity index (χ0v) is 8.58. The van der Waals surface area contributed by atoms with Crippen LogP contribution in [0.3, 0.4) is 0 Å². The molecule has 0 saturated carbocycles. The Balaban J connectivity index is 2.25. The molecule has 0 amide bonds. The van der Waals surface area contributed by atoms with Gasteiger partial charge < -0.3 is 5.73 Å². The van der Waals surface area contributed by atoms with Crippen molar-refractivity contribution in [3.05, 3.63) is 48.8 Å². The third kappa shape index (κ3) is 1.77. The number of aromatic nitrogens is 1. The third-order valence-electron chi connectivity index (χ3n) is 2.01. The van der Waals surface area contributed by atoms with E-state index in [9.17, 15) is 0 Å². The van der Waals surface area contributed by atoms with Crippen LogP contribution in [0.25, 0.3) is 10.9 Å². The molecular formula is C11H12N2S. The molecule has 2 N–H and O–H groups in total. The molecule has 72 valence electrons. The average Bonchev–Trinajstić information content (AvgIpc) is 2.63. The summed E-state index contributed by atoms with van der Waals surface area (Å²) in [6, 6.07) is 10.5. The number of para-hydroxylation sites is 1. The number of hydrogen-bond donors (Lipinski definition) is 1. The minimum atomic E-state index is 0.898. The summed E-state index contributed by atoms with van der Waals surface area (Å²) in [6.45, 7) is 0. The summed E-state index contributed by atoms with van der Waals surface area (Å²) in [5, 5.41) is 1.27. The molecule has 0 unspecified atom stereocenters. The van der Waals surface area contributed by atoms with Crippen molar-refractivity contribution in [3.8, 4) is 0 Å². The summed E-state index contributed by atoms with van der Waals surface area (Å²) < 4.78 is 2.16. The molecule has 14 heavy (non-hydrogen) atoms. The Kier molecular flexibility index (Phi) is 2.79. The zero-order chi connectivity index (χ0) is 9.80.